The maximum absolute atomic E-state index is 11.9. The van der Waals surface area contributed by atoms with Crippen molar-refractivity contribution < 1.29 is 4.79 Å². The van der Waals surface area contributed by atoms with Crippen LogP contribution in [0.1, 0.15) is 62.9 Å². The van der Waals surface area contributed by atoms with E-state index in [2.05, 4.69) is 43.3 Å². The number of amides is 1. The van der Waals surface area contributed by atoms with Gasteiger partial charge in [0.1, 0.15) is 0 Å². The van der Waals surface area contributed by atoms with Crippen molar-refractivity contribution in [2.24, 2.45) is 10.4 Å². The quantitative estimate of drug-likeness (QED) is 0.249. The summed E-state index contributed by atoms with van der Waals surface area (Å²) in [5, 5.41) is 6.68. The van der Waals surface area contributed by atoms with Gasteiger partial charge < -0.3 is 15.5 Å². The molecule has 1 amide bonds. The molecule has 0 bridgehead atoms. The van der Waals surface area contributed by atoms with E-state index in [1.54, 1.807) is 19.0 Å². The number of aliphatic imine (C=N–C) groups is 1. The Morgan fingerprint density at radius 1 is 1.07 bits per heavy atom. The van der Waals surface area contributed by atoms with Crippen molar-refractivity contribution in [1.82, 2.24) is 15.5 Å². The minimum absolute atomic E-state index is 0. The number of nitrogens with one attached hydrogen (secondary N) is 2. The number of benzene rings is 1. The number of unbranched alkanes of at least 4 members (excludes halogenated alkanes) is 1. The zero-order valence-corrected chi connectivity index (χ0v) is 20.1. The topological polar surface area (TPSA) is 56.7 Å². The lowest BCUT2D eigenvalue weighted by Gasteiger charge is -2.18. The molecule has 0 saturated carbocycles. The van der Waals surface area contributed by atoms with Crippen molar-refractivity contribution in [3.05, 3.63) is 35.4 Å². The van der Waals surface area contributed by atoms with Crippen LogP contribution in [-0.2, 0) is 6.54 Å². The van der Waals surface area contributed by atoms with Gasteiger partial charge in [0.25, 0.3) is 5.91 Å². The Balaban J connectivity index is 0.00000676. The first-order valence-electron chi connectivity index (χ1n) is 9.55. The highest BCUT2D eigenvalue weighted by molar-refractivity contribution is 14.0. The van der Waals surface area contributed by atoms with Crippen molar-refractivity contribution in [2.75, 3.05) is 27.2 Å². The molecule has 0 saturated heterocycles. The number of nitrogens with zero attached hydrogens (tertiary/aromatic N) is 2. The summed E-state index contributed by atoms with van der Waals surface area (Å²) in [5.41, 5.74) is 2.19. The summed E-state index contributed by atoms with van der Waals surface area (Å²) in [5.74, 6) is 0.863. The van der Waals surface area contributed by atoms with E-state index < -0.39 is 0 Å². The largest absolute Gasteiger partial charge is 0.357 e. The number of carbonyl (C=O) groups is 1. The molecule has 0 fully saturated rings. The second-order valence-corrected chi connectivity index (χ2v) is 8.04. The van der Waals surface area contributed by atoms with E-state index in [-0.39, 0.29) is 29.9 Å². The van der Waals surface area contributed by atoms with Gasteiger partial charge in [-0.05, 0) is 42.9 Å². The first-order chi connectivity index (χ1) is 12.2. The molecular formula is C21H37IN4O. The molecule has 1 aromatic rings. The summed E-state index contributed by atoms with van der Waals surface area (Å²) >= 11 is 0. The van der Waals surface area contributed by atoms with Gasteiger partial charge in [0.2, 0.25) is 0 Å². The molecule has 5 nitrogen and oxygen atoms in total. The van der Waals surface area contributed by atoms with Gasteiger partial charge in [0.15, 0.2) is 5.96 Å². The maximum Gasteiger partial charge on any atom is 0.253 e. The monoisotopic (exact) mass is 488 g/mol. The van der Waals surface area contributed by atoms with E-state index in [1.165, 1.54) is 12.8 Å². The van der Waals surface area contributed by atoms with Crippen LogP contribution in [0.5, 0.6) is 0 Å². The van der Waals surface area contributed by atoms with Gasteiger partial charge in [-0.1, -0.05) is 39.3 Å². The molecular weight excluding hydrogens is 451 g/mol. The molecule has 0 heterocycles. The van der Waals surface area contributed by atoms with Crippen LogP contribution in [0.15, 0.2) is 29.3 Å². The second-order valence-electron chi connectivity index (χ2n) is 8.04. The first kappa shape index (κ1) is 25.7. The smallest absolute Gasteiger partial charge is 0.253 e. The molecule has 0 aliphatic heterocycles. The van der Waals surface area contributed by atoms with Crippen molar-refractivity contribution >= 4 is 35.8 Å². The molecule has 1 aromatic carbocycles. The number of hydrogen-bond donors (Lipinski definition) is 2. The fraction of sp³-hybridized carbons (Fsp3) is 0.619. The van der Waals surface area contributed by atoms with Gasteiger partial charge in [0, 0.05) is 32.7 Å². The molecule has 0 radical (unpaired) electrons. The van der Waals surface area contributed by atoms with E-state index in [4.69, 9.17) is 0 Å². The van der Waals surface area contributed by atoms with Gasteiger partial charge >= 0.3 is 0 Å². The Labute approximate surface area is 182 Å². The van der Waals surface area contributed by atoms with E-state index in [9.17, 15) is 4.79 Å². The lowest BCUT2D eigenvalue weighted by molar-refractivity contribution is 0.0827. The summed E-state index contributed by atoms with van der Waals surface area (Å²) in [6, 6.07) is 7.65. The van der Waals surface area contributed by atoms with E-state index >= 15 is 0 Å². The summed E-state index contributed by atoms with van der Waals surface area (Å²) < 4.78 is 0. The van der Waals surface area contributed by atoms with Gasteiger partial charge in [-0.25, -0.2) is 4.99 Å². The maximum atomic E-state index is 11.9. The fourth-order valence-electron chi connectivity index (χ4n) is 2.51. The van der Waals surface area contributed by atoms with Crippen molar-refractivity contribution in [1.29, 1.82) is 0 Å². The third-order valence-electron chi connectivity index (χ3n) is 4.02. The van der Waals surface area contributed by atoms with Gasteiger partial charge in [-0.15, -0.1) is 24.0 Å². The standard InChI is InChI=1S/C21H36N4O.HI/c1-7-22-20(23-15-9-8-14-21(2,3)4)24-16-17-10-12-18(13-11-17)19(26)25(5)6;/h10-13H,7-9,14-16H2,1-6H3,(H2,22,23,24);1H. The van der Waals surface area contributed by atoms with Gasteiger partial charge in [-0.2, -0.15) is 0 Å². The average molecular weight is 488 g/mol. The van der Waals surface area contributed by atoms with Crippen LogP contribution in [0.3, 0.4) is 0 Å². The van der Waals surface area contributed by atoms with Crippen LogP contribution in [-0.4, -0.2) is 44.0 Å². The fourth-order valence-corrected chi connectivity index (χ4v) is 2.51. The Morgan fingerprint density at radius 2 is 1.70 bits per heavy atom. The van der Waals surface area contributed by atoms with Crippen molar-refractivity contribution in [2.45, 2.75) is 53.5 Å². The molecule has 6 heteroatoms. The summed E-state index contributed by atoms with van der Waals surface area (Å²) in [6.07, 6.45) is 3.60. The zero-order valence-electron chi connectivity index (χ0n) is 17.8. The highest BCUT2D eigenvalue weighted by Crippen LogP contribution is 2.21. The zero-order chi connectivity index (χ0) is 19.6. The lowest BCUT2D eigenvalue weighted by Crippen LogP contribution is -2.37. The third-order valence-corrected chi connectivity index (χ3v) is 4.02. The summed E-state index contributed by atoms with van der Waals surface area (Å²) in [4.78, 5) is 18.1. The molecule has 2 N–H and O–H groups in total. The number of carbonyl (C=O) groups excluding carboxylic acids is 1. The number of guanidine groups is 1. The van der Waals surface area contributed by atoms with Crippen LogP contribution in [0.2, 0.25) is 0 Å². The van der Waals surface area contributed by atoms with E-state index in [0.29, 0.717) is 17.5 Å². The number of halogens is 1. The Kier molecular flexibility index (Phi) is 12.3. The molecule has 0 unspecified atom stereocenters. The second kappa shape index (κ2) is 13.0. The minimum Gasteiger partial charge on any atom is -0.357 e. The van der Waals surface area contributed by atoms with Crippen LogP contribution >= 0.6 is 24.0 Å². The van der Waals surface area contributed by atoms with Crippen molar-refractivity contribution in [3.63, 3.8) is 0 Å². The molecule has 154 valence electrons. The van der Waals surface area contributed by atoms with Gasteiger partial charge in [0.05, 0.1) is 6.54 Å². The molecule has 0 spiro atoms. The summed E-state index contributed by atoms with van der Waals surface area (Å²) in [7, 11) is 3.52. The number of rotatable bonds is 8. The molecule has 0 atom stereocenters. The Morgan fingerprint density at radius 3 is 2.22 bits per heavy atom. The van der Waals surface area contributed by atoms with Crippen LogP contribution in [0.4, 0.5) is 0 Å². The van der Waals surface area contributed by atoms with Crippen LogP contribution in [0, 0.1) is 5.41 Å². The SMILES string of the molecule is CCNC(=NCc1ccc(C(=O)N(C)C)cc1)NCCCCC(C)(C)C.I. The minimum atomic E-state index is 0. The number of hydrogen-bond acceptors (Lipinski definition) is 2. The summed E-state index contributed by atoms with van der Waals surface area (Å²) in [6.45, 7) is 11.3. The predicted octanol–water partition coefficient (Wildman–Crippen LogP) is 4.28. The molecule has 1 rings (SSSR count). The van der Waals surface area contributed by atoms with E-state index in [0.717, 1.165) is 31.0 Å². The van der Waals surface area contributed by atoms with Crippen molar-refractivity contribution in [3.8, 4) is 0 Å². The highest BCUT2D eigenvalue weighted by atomic mass is 127. The Bertz CT molecular complexity index is 577. The van der Waals surface area contributed by atoms with Gasteiger partial charge in [-0.3, -0.25) is 4.79 Å². The van der Waals surface area contributed by atoms with Crippen LogP contribution in [0.25, 0.3) is 0 Å². The molecule has 27 heavy (non-hydrogen) atoms. The molecule has 0 aliphatic carbocycles. The average Bonchev–Trinajstić information content (AvgIpc) is 2.58. The van der Waals surface area contributed by atoms with Crippen LogP contribution < -0.4 is 10.6 Å². The lowest BCUT2D eigenvalue weighted by atomic mass is 9.90. The highest BCUT2D eigenvalue weighted by Gasteiger charge is 2.09. The normalized spacial score (nSPS) is 11.6. The third kappa shape index (κ3) is 11.2. The predicted molar refractivity (Wildman–Crippen MR) is 126 cm³/mol. The Hall–Kier alpha value is -1.31. The van der Waals surface area contributed by atoms with E-state index in [1.807, 2.05) is 24.3 Å². The molecule has 0 aromatic heterocycles. The first-order valence-corrected chi connectivity index (χ1v) is 9.55. The molecule has 0 aliphatic rings.